The molecule has 1 amide bonds. The quantitative estimate of drug-likeness (QED) is 0.435. The third kappa shape index (κ3) is 5.32. The largest absolute Gasteiger partial charge is 0.416 e. The number of hydrogen-bond donors (Lipinski definition) is 2. The molecule has 2 aliphatic rings. The summed E-state index contributed by atoms with van der Waals surface area (Å²) < 4.78 is 38.8. The average Bonchev–Trinajstić information content (AvgIpc) is 3.67. The molecule has 0 atom stereocenters. The molecule has 1 saturated carbocycles. The number of nitrogens with zero attached hydrogens (tertiary/aromatic N) is 1. The lowest BCUT2D eigenvalue weighted by molar-refractivity contribution is -0.137. The van der Waals surface area contributed by atoms with E-state index in [0.29, 0.717) is 28.4 Å². The summed E-state index contributed by atoms with van der Waals surface area (Å²) in [5, 5.41) is 7.14. The van der Waals surface area contributed by atoms with Crippen LogP contribution in [0.3, 0.4) is 0 Å². The minimum atomic E-state index is -4.41. The zero-order chi connectivity index (χ0) is 24.6. The molecular weight excluding hydrogens is 471 g/mol. The zero-order valence-corrected chi connectivity index (χ0v) is 19.7. The molecule has 0 bridgehead atoms. The highest BCUT2D eigenvalue weighted by molar-refractivity contribution is 7.80. The minimum Gasteiger partial charge on any atom is -0.360 e. The SMILES string of the molecule is O=C(Nc1ccc2c(c1)CCN(C(=S)NC1CC1)C2)c1ccccc1-c1ccc(C(F)(F)F)cc1. The third-order valence-electron chi connectivity index (χ3n) is 6.36. The lowest BCUT2D eigenvalue weighted by Crippen LogP contribution is -2.43. The van der Waals surface area contributed by atoms with Gasteiger partial charge in [-0.25, -0.2) is 0 Å². The summed E-state index contributed by atoms with van der Waals surface area (Å²) in [5.74, 6) is -0.312. The Morgan fingerprint density at radius 1 is 0.971 bits per heavy atom. The first-order chi connectivity index (χ1) is 16.8. The minimum absolute atomic E-state index is 0.312. The van der Waals surface area contributed by atoms with E-state index in [4.69, 9.17) is 12.2 Å². The van der Waals surface area contributed by atoms with Crippen molar-refractivity contribution in [2.75, 3.05) is 11.9 Å². The van der Waals surface area contributed by atoms with Gasteiger partial charge in [0, 0.05) is 30.4 Å². The fraction of sp³-hybridized carbons (Fsp3) is 0.259. The molecule has 1 aliphatic heterocycles. The molecule has 1 heterocycles. The second kappa shape index (κ2) is 9.34. The Morgan fingerprint density at radius 2 is 1.71 bits per heavy atom. The monoisotopic (exact) mass is 495 g/mol. The maximum atomic E-state index is 13.1. The Labute approximate surface area is 207 Å². The number of fused-ring (bicyclic) bond motifs is 1. The summed E-state index contributed by atoms with van der Waals surface area (Å²) in [7, 11) is 0. The lowest BCUT2D eigenvalue weighted by atomic mass is 9.97. The predicted molar refractivity (Wildman–Crippen MR) is 134 cm³/mol. The highest BCUT2D eigenvalue weighted by atomic mass is 32.1. The van der Waals surface area contributed by atoms with Crippen molar-refractivity contribution in [2.45, 2.75) is 38.0 Å². The fourth-order valence-corrected chi connectivity index (χ4v) is 4.59. The number of anilines is 1. The first kappa shape index (κ1) is 23.4. The van der Waals surface area contributed by atoms with Gasteiger partial charge in [-0.3, -0.25) is 4.79 Å². The summed E-state index contributed by atoms with van der Waals surface area (Å²) >= 11 is 5.54. The van der Waals surface area contributed by atoms with Gasteiger partial charge in [0.25, 0.3) is 5.91 Å². The van der Waals surface area contributed by atoms with Crippen molar-refractivity contribution in [3.8, 4) is 11.1 Å². The van der Waals surface area contributed by atoms with Crippen LogP contribution in [0.25, 0.3) is 11.1 Å². The molecule has 3 aromatic rings. The van der Waals surface area contributed by atoms with Gasteiger partial charge < -0.3 is 15.5 Å². The second-order valence-electron chi connectivity index (χ2n) is 8.95. The molecule has 0 spiro atoms. The number of halogens is 3. The standard InChI is InChI=1S/C27H24F3N3OS/c28-27(29,30)20-8-5-17(6-9-20)23-3-1-2-4-24(23)25(34)31-22-10-7-19-16-33(14-13-18(19)15-22)26(35)32-21-11-12-21/h1-10,15,21H,11-14,16H2,(H,31,34)(H,32,35). The van der Waals surface area contributed by atoms with Crippen LogP contribution in [-0.4, -0.2) is 28.5 Å². The van der Waals surface area contributed by atoms with E-state index in [9.17, 15) is 18.0 Å². The van der Waals surface area contributed by atoms with Crippen LogP contribution in [0.5, 0.6) is 0 Å². The maximum absolute atomic E-state index is 13.1. The summed E-state index contributed by atoms with van der Waals surface area (Å²) in [5.41, 5.74) is 3.83. The molecule has 4 nitrogen and oxygen atoms in total. The molecular formula is C27H24F3N3OS. The van der Waals surface area contributed by atoms with Crippen LogP contribution < -0.4 is 10.6 Å². The predicted octanol–water partition coefficient (Wildman–Crippen LogP) is 6.02. The molecule has 2 N–H and O–H groups in total. The van der Waals surface area contributed by atoms with Gasteiger partial charge >= 0.3 is 6.18 Å². The molecule has 35 heavy (non-hydrogen) atoms. The van der Waals surface area contributed by atoms with Gasteiger partial charge in [0.2, 0.25) is 0 Å². The fourth-order valence-electron chi connectivity index (χ4n) is 4.27. The second-order valence-corrected chi connectivity index (χ2v) is 9.34. The van der Waals surface area contributed by atoms with Crippen LogP contribution in [0.1, 0.15) is 39.9 Å². The van der Waals surface area contributed by atoms with Crippen molar-refractivity contribution >= 4 is 28.9 Å². The van der Waals surface area contributed by atoms with E-state index in [1.165, 1.54) is 36.1 Å². The highest BCUT2D eigenvalue weighted by Gasteiger charge is 2.30. The van der Waals surface area contributed by atoms with Gasteiger partial charge in [0.1, 0.15) is 0 Å². The number of thiocarbonyl (C=S) groups is 1. The smallest absolute Gasteiger partial charge is 0.360 e. The number of carbonyl (C=O) groups excluding carboxylic acids is 1. The molecule has 180 valence electrons. The van der Waals surface area contributed by atoms with Crippen molar-refractivity contribution in [2.24, 2.45) is 0 Å². The van der Waals surface area contributed by atoms with E-state index >= 15 is 0 Å². The van der Waals surface area contributed by atoms with Gasteiger partial charge in [-0.2, -0.15) is 13.2 Å². The van der Waals surface area contributed by atoms with Crippen LogP contribution in [-0.2, 0) is 19.1 Å². The van der Waals surface area contributed by atoms with E-state index in [2.05, 4.69) is 15.5 Å². The lowest BCUT2D eigenvalue weighted by Gasteiger charge is -2.31. The van der Waals surface area contributed by atoms with Gasteiger partial charge in [-0.1, -0.05) is 36.4 Å². The van der Waals surface area contributed by atoms with E-state index in [0.717, 1.165) is 36.8 Å². The Hall–Kier alpha value is -3.39. The number of rotatable bonds is 4. The van der Waals surface area contributed by atoms with Crippen LogP contribution in [0, 0.1) is 0 Å². The van der Waals surface area contributed by atoms with Crippen molar-refractivity contribution in [3.63, 3.8) is 0 Å². The molecule has 3 aromatic carbocycles. The van der Waals surface area contributed by atoms with Crippen molar-refractivity contribution in [3.05, 3.63) is 89.0 Å². The Bertz CT molecular complexity index is 1270. The summed E-state index contributed by atoms with van der Waals surface area (Å²) in [4.78, 5) is 15.3. The van der Waals surface area contributed by atoms with Crippen LogP contribution in [0.2, 0.25) is 0 Å². The van der Waals surface area contributed by atoms with Gasteiger partial charge in [-0.15, -0.1) is 0 Å². The summed E-state index contributed by atoms with van der Waals surface area (Å²) in [6.45, 7) is 1.55. The Kier molecular flexibility index (Phi) is 6.23. The first-order valence-electron chi connectivity index (χ1n) is 11.5. The first-order valence-corrected chi connectivity index (χ1v) is 11.9. The van der Waals surface area contributed by atoms with E-state index in [1.54, 1.807) is 24.3 Å². The zero-order valence-electron chi connectivity index (χ0n) is 18.9. The van der Waals surface area contributed by atoms with Crippen molar-refractivity contribution in [1.29, 1.82) is 0 Å². The number of benzene rings is 3. The molecule has 1 aliphatic carbocycles. The van der Waals surface area contributed by atoms with Crippen LogP contribution in [0.4, 0.5) is 18.9 Å². The molecule has 8 heteroatoms. The van der Waals surface area contributed by atoms with E-state index in [-0.39, 0.29) is 5.91 Å². The van der Waals surface area contributed by atoms with E-state index < -0.39 is 11.7 Å². The van der Waals surface area contributed by atoms with Crippen molar-refractivity contribution < 1.29 is 18.0 Å². The Morgan fingerprint density at radius 3 is 2.43 bits per heavy atom. The molecule has 0 radical (unpaired) electrons. The third-order valence-corrected chi connectivity index (χ3v) is 6.74. The summed E-state index contributed by atoms with van der Waals surface area (Å²) in [6.07, 6.45) is -1.23. The van der Waals surface area contributed by atoms with Gasteiger partial charge in [-0.05, 0) is 84.1 Å². The maximum Gasteiger partial charge on any atom is 0.416 e. The molecule has 0 unspecified atom stereocenters. The molecule has 0 aromatic heterocycles. The Balaban J connectivity index is 1.31. The van der Waals surface area contributed by atoms with Crippen LogP contribution in [0.15, 0.2) is 66.7 Å². The normalized spacial score (nSPS) is 15.3. The van der Waals surface area contributed by atoms with Gasteiger partial charge in [0.15, 0.2) is 5.11 Å². The topological polar surface area (TPSA) is 44.4 Å². The number of nitrogens with one attached hydrogen (secondary N) is 2. The van der Waals surface area contributed by atoms with Crippen LogP contribution >= 0.6 is 12.2 Å². The number of alkyl halides is 3. The molecule has 1 fully saturated rings. The van der Waals surface area contributed by atoms with E-state index in [1.807, 2.05) is 18.2 Å². The molecule has 5 rings (SSSR count). The number of hydrogen-bond acceptors (Lipinski definition) is 2. The van der Waals surface area contributed by atoms with Crippen molar-refractivity contribution in [1.82, 2.24) is 10.2 Å². The number of carbonyl (C=O) groups is 1. The summed E-state index contributed by atoms with van der Waals surface area (Å²) in [6, 6.07) is 18.1. The average molecular weight is 496 g/mol. The number of amides is 1. The molecule has 0 saturated heterocycles. The highest BCUT2D eigenvalue weighted by Crippen LogP contribution is 2.32. The van der Waals surface area contributed by atoms with Gasteiger partial charge in [0.05, 0.1) is 5.56 Å².